The van der Waals surface area contributed by atoms with E-state index in [0.29, 0.717) is 25.3 Å². The maximum absolute atomic E-state index is 12.5. The molecule has 0 aromatic carbocycles. The third-order valence-corrected chi connectivity index (χ3v) is 6.15. The average molecular weight is 285 g/mol. The Bertz CT molecular complexity index is 528. The highest BCUT2D eigenvalue weighted by molar-refractivity contribution is 7.89. The van der Waals surface area contributed by atoms with Crippen LogP contribution in [0.1, 0.15) is 45.9 Å². The van der Waals surface area contributed by atoms with Crippen LogP contribution < -0.4 is 0 Å². The Hall–Kier alpha value is -0.880. The lowest BCUT2D eigenvalue weighted by Crippen LogP contribution is -2.42. The zero-order chi connectivity index (χ0) is 14.1. The fourth-order valence-corrected chi connectivity index (χ4v) is 3.79. The third kappa shape index (κ3) is 2.84. The molecule has 1 aromatic heterocycles. The standard InChI is InChI=1S/C13H23N3O2S/c1-4-11-14-10-12(15-11)19(17,18)16-8-6-13(3,5-2)7-9-16/h10H,4-9H2,1-3H3,(H,14,15). The predicted octanol–water partition coefficient (Wildman–Crippen LogP) is 2.17. The zero-order valence-corrected chi connectivity index (χ0v) is 12.8. The molecular formula is C13H23N3O2S. The maximum atomic E-state index is 12.5. The van der Waals surface area contributed by atoms with Crippen molar-refractivity contribution >= 4 is 10.0 Å². The van der Waals surface area contributed by atoms with E-state index in [1.807, 2.05) is 6.92 Å². The molecule has 2 rings (SSSR count). The van der Waals surface area contributed by atoms with E-state index in [9.17, 15) is 8.42 Å². The molecule has 1 aromatic rings. The monoisotopic (exact) mass is 285 g/mol. The molecule has 1 aliphatic rings. The summed E-state index contributed by atoms with van der Waals surface area (Å²) in [6.45, 7) is 7.57. The smallest absolute Gasteiger partial charge is 0.260 e. The van der Waals surface area contributed by atoms with Gasteiger partial charge in [-0.1, -0.05) is 27.2 Å². The molecular weight excluding hydrogens is 262 g/mol. The zero-order valence-electron chi connectivity index (χ0n) is 11.9. The van der Waals surface area contributed by atoms with Crippen molar-refractivity contribution in [2.45, 2.75) is 51.5 Å². The number of hydrogen-bond acceptors (Lipinski definition) is 3. The number of aromatic amines is 1. The van der Waals surface area contributed by atoms with Crippen molar-refractivity contribution in [2.75, 3.05) is 13.1 Å². The highest BCUT2D eigenvalue weighted by Crippen LogP contribution is 2.35. The number of H-pyrrole nitrogens is 1. The summed E-state index contributed by atoms with van der Waals surface area (Å²) in [7, 11) is -3.39. The van der Waals surface area contributed by atoms with Crippen LogP contribution in [0.5, 0.6) is 0 Å². The molecule has 1 fully saturated rings. The molecule has 108 valence electrons. The van der Waals surface area contributed by atoms with Gasteiger partial charge in [0.25, 0.3) is 10.0 Å². The normalized spacial score (nSPS) is 20.6. The van der Waals surface area contributed by atoms with Crippen LogP contribution in [-0.2, 0) is 16.4 Å². The van der Waals surface area contributed by atoms with Gasteiger partial charge in [-0.15, -0.1) is 0 Å². The largest absolute Gasteiger partial charge is 0.332 e. The van der Waals surface area contributed by atoms with Gasteiger partial charge in [0.1, 0.15) is 5.82 Å². The molecule has 0 amide bonds. The molecule has 0 atom stereocenters. The number of nitrogens with one attached hydrogen (secondary N) is 1. The highest BCUT2D eigenvalue weighted by atomic mass is 32.2. The predicted molar refractivity (Wildman–Crippen MR) is 74.4 cm³/mol. The summed E-state index contributed by atoms with van der Waals surface area (Å²) >= 11 is 0. The number of rotatable bonds is 4. The van der Waals surface area contributed by atoms with E-state index in [0.717, 1.165) is 19.3 Å². The van der Waals surface area contributed by atoms with Crippen molar-refractivity contribution in [3.8, 4) is 0 Å². The Morgan fingerprint density at radius 1 is 1.37 bits per heavy atom. The molecule has 0 spiro atoms. The second kappa shape index (κ2) is 5.25. The number of imidazole rings is 1. The highest BCUT2D eigenvalue weighted by Gasteiger charge is 2.35. The van der Waals surface area contributed by atoms with Crippen LogP contribution in [0.15, 0.2) is 11.2 Å². The molecule has 1 aliphatic heterocycles. The van der Waals surface area contributed by atoms with Crippen molar-refractivity contribution in [3.05, 3.63) is 12.0 Å². The SMILES string of the molecule is CCc1ncc(S(=O)(=O)N2CCC(C)(CC)CC2)[nH]1. The Labute approximate surface area is 115 Å². The molecule has 19 heavy (non-hydrogen) atoms. The van der Waals surface area contributed by atoms with Crippen molar-refractivity contribution in [1.29, 1.82) is 0 Å². The molecule has 0 saturated carbocycles. The molecule has 0 aliphatic carbocycles. The van der Waals surface area contributed by atoms with Gasteiger partial charge >= 0.3 is 0 Å². The second-order valence-corrected chi connectivity index (χ2v) is 7.52. The van der Waals surface area contributed by atoms with Gasteiger partial charge < -0.3 is 4.98 Å². The summed E-state index contributed by atoms with van der Waals surface area (Å²) in [5.41, 5.74) is 0.286. The summed E-state index contributed by atoms with van der Waals surface area (Å²) in [6, 6.07) is 0. The van der Waals surface area contributed by atoms with Crippen LogP contribution in [-0.4, -0.2) is 35.8 Å². The molecule has 2 heterocycles. The molecule has 5 nitrogen and oxygen atoms in total. The van der Waals surface area contributed by atoms with E-state index in [-0.39, 0.29) is 10.4 Å². The first kappa shape index (κ1) is 14.5. The van der Waals surface area contributed by atoms with Crippen LogP contribution in [0, 0.1) is 5.41 Å². The Morgan fingerprint density at radius 2 is 2.00 bits per heavy atom. The Balaban J connectivity index is 2.14. The first-order valence-corrected chi connectivity index (χ1v) is 8.39. The number of nitrogens with zero attached hydrogens (tertiary/aromatic N) is 2. The molecule has 0 bridgehead atoms. The minimum absolute atomic E-state index is 0.226. The molecule has 6 heteroatoms. The van der Waals surface area contributed by atoms with Crippen molar-refractivity contribution in [2.24, 2.45) is 5.41 Å². The number of hydrogen-bond donors (Lipinski definition) is 1. The van der Waals surface area contributed by atoms with E-state index >= 15 is 0 Å². The van der Waals surface area contributed by atoms with E-state index in [1.165, 1.54) is 6.20 Å². The summed E-state index contributed by atoms with van der Waals surface area (Å²) in [4.78, 5) is 6.97. The second-order valence-electron chi connectivity index (χ2n) is 5.62. The number of piperidine rings is 1. The Kier molecular flexibility index (Phi) is 4.01. The van der Waals surface area contributed by atoms with Crippen LogP contribution in [0.3, 0.4) is 0 Å². The lowest BCUT2D eigenvalue weighted by atomic mass is 9.79. The van der Waals surface area contributed by atoms with Gasteiger partial charge in [-0.3, -0.25) is 0 Å². The van der Waals surface area contributed by atoms with E-state index in [1.54, 1.807) is 4.31 Å². The van der Waals surface area contributed by atoms with Gasteiger partial charge in [0.05, 0.1) is 6.20 Å². The van der Waals surface area contributed by atoms with Crippen molar-refractivity contribution < 1.29 is 8.42 Å². The quantitative estimate of drug-likeness (QED) is 0.922. The van der Waals surface area contributed by atoms with Crippen LogP contribution >= 0.6 is 0 Å². The topological polar surface area (TPSA) is 66.1 Å². The molecule has 1 saturated heterocycles. The fourth-order valence-electron chi connectivity index (χ4n) is 2.41. The van der Waals surface area contributed by atoms with Gasteiger partial charge in [-0.25, -0.2) is 13.4 Å². The van der Waals surface area contributed by atoms with Gasteiger partial charge in [-0.2, -0.15) is 4.31 Å². The number of aryl methyl sites for hydroxylation is 1. The van der Waals surface area contributed by atoms with Crippen molar-refractivity contribution in [3.63, 3.8) is 0 Å². The molecule has 1 N–H and O–H groups in total. The van der Waals surface area contributed by atoms with Gasteiger partial charge in [-0.05, 0) is 18.3 Å². The summed E-state index contributed by atoms with van der Waals surface area (Å²) in [5.74, 6) is 0.717. The minimum Gasteiger partial charge on any atom is -0.332 e. The lowest BCUT2D eigenvalue weighted by molar-refractivity contribution is 0.168. The van der Waals surface area contributed by atoms with E-state index < -0.39 is 10.0 Å². The van der Waals surface area contributed by atoms with Crippen LogP contribution in [0.4, 0.5) is 0 Å². The third-order valence-electron chi connectivity index (χ3n) is 4.34. The van der Waals surface area contributed by atoms with E-state index in [2.05, 4.69) is 23.8 Å². The van der Waals surface area contributed by atoms with Crippen molar-refractivity contribution in [1.82, 2.24) is 14.3 Å². The number of aromatic nitrogens is 2. The average Bonchev–Trinajstić information content (AvgIpc) is 2.89. The summed E-state index contributed by atoms with van der Waals surface area (Å²) < 4.78 is 26.5. The van der Waals surface area contributed by atoms with Gasteiger partial charge in [0.15, 0.2) is 5.03 Å². The Morgan fingerprint density at radius 3 is 2.47 bits per heavy atom. The molecule has 0 radical (unpaired) electrons. The number of sulfonamides is 1. The minimum atomic E-state index is -3.39. The fraction of sp³-hybridized carbons (Fsp3) is 0.769. The van der Waals surface area contributed by atoms with Crippen LogP contribution in [0.25, 0.3) is 0 Å². The first-order chi connectivity index (χ1) is 8.91. The van der Waals surface area contributed by atoms with Crippen LogP contribution in [0.2, 0.25) is 0 Å². The molecule has 0 unspecified atom stereocenters. The maximum Gasteiger partial charge on any atom is 0.260 e. The van der Waals surface area contributed by atoms with E-state index in [4.69, 9.17) is 0 Å². The summed E-state index contributed by atoms with van der Waals surface area (Å²) in [5, 5.41) is 0.226. The van der Waals surface area contributed by atoms with Gasteiger partial charge in [0.2, 0.25) is 0 Å². The van der Waals surface area contributed by atoms with Gasteiger partial charge in [0, 0.05) is 19.5 Å². The first-order valence-electron chi connectivity index (χ1n) is 6.95. The lowest BCUT2D eigenvalue weighted by Gasteiger charge is -2.37. The summed E-state index contributed by atoms with van der Waals surface area (Å²) in [6.07, 6.45) is 5.10.